The van der Waals surface area contributed by atoms with Crippen LogP contribution in [0.3, 0.4) is 0 Å². The predicted octanol–water partition coefficient (Wildman–Crippen LogP) is 4.88. The number of unbranched alkanes of at least 4 members (excludes halogenated alkanes) is 4. The van der Waals surface area contributed by atoms with Crippen molar-refractivity contribution in [2.45, 2.75) is 89.9 Å². The molecule has 0 unspecified atom stereocenters. The lowest BCUT2D eigenvalue weighted by Crippen LogP contribution is -2.23. The molecule has 2 aliphatic rings. The monoisotopic (exact) mass is 448 g/mol. The van der Waals surface area contributed by atoms with Crippen molar-refractivity contribution in [1.29, 1.82) is 0 Å². The van der Waals surface area contributed by atoms with Crippen molar-refractivity contribution in [3.05, 3.63) is 0 Å². The highest BCUT2D eigenvalue weighted by molar-refractivity contribution is 8.70. The van der Waals surface area contributed by atoms with Crippen molar-refractivity contribution in [2.75, 3.05) is 38.5 Å². The molecular formula is C22H44N2O3S2. The van der Waals surface area contributed by atoms with Crippen LogP contribution in [-0.2, 0) is 13.3 Å². The Hall–Kier alpha value is 0.180. The first-order valence-electron chi connectivity index (χ1n) is 12.1. The van der Waals surface area contributed by atoms with E-state index in [9.17, 15) is 8.42 Å². The molecule has 29 heavy (non-hydrogen) atoms. The largest absolute Gasteiger partial charge is 0.322 e. The van der Waals surface area contributed by atoms with Crippen molar-refractivity contribution in [3.63, 3.8) is 0 Å². The number of hydrogen-bond donors (Lipinski definition) is 2. The van der Waals surface area contributed by atoms with Gasteiger partial charge in [0.2, 0.25) is 0 Å². The van der Waals surface area contributed by atoms with Gasteiger partial charge in [0.05, 0.1) is 6.61 Å². The van der Waals surface area contributed by atoms with E-state index in [4.69, 9.17) is 4.18 Å². The van der Waals surface area contributed by atoms with Gasteiger partial charge in [-0.15, -0.1) is 0 Å². The van der Waals surface area contributed by atoms with Crippen molar-refractivity contribution in [3.8, 4) is 0 Å². The molecule has 172 valence electrons. The molecule has 2 fully saturated rings. The highest BCUT2D eigenvalue weighted by atomic mass is 33.1. The van der Waals surface area contributed by atoms with Gasteiger partial charge in [0.15, 0.2) is 0 Å². The van der Waals surface area contributed by atoms with Gasteiger partial charge in [0.25, 0.3) is 0 Å². The Kier molecular flexibility index (Phi) is 14.0. The van der Waals surface area contributed by atoms with Crippen molar-refractivity contribution >= 4 is 19.9 Å². The molecule has 0 aromatic rings. The average Bonchev–Trinajstić information content (AvgIpc) is 2.61. The van der Waals surface area contributed by atoms with E-state index in [2.05, 4.69) is 10.6 Å². The molecule has 0 heterocycles. The molecule has 0 spiro atoms. The second-order valence-corrected chi connectivity index (χ2v) is 12.5. The van der Waals surface area contributed by atoms with Crippen molar-refractivity contribution < 1.29 is 12.6 Å². The Labute approximate surface area is 183 Å². The second kappa shape index (κ2) is 15.9. The highest BCUT2D eigenvalue weighted by Gasteiger charge is 2.16. The average molecular weight is 449 g/mol. The van der Waals surface area contributed by atoms with Gasteiger partial charge in [-0.25, -0.2) is 0 Å². The van der Waals surface area contributed by atoms with Crippen LogP contribution in [-0.4, -0.2) is 47.0 Å². The van der Waals surface area contributed by atoms with Crippen LogP contribution in [0, 0.1) is 11.8 Å². The Morgan fingerprint density at radius 1 is 0.724 bits per heavy atom. The fourth-order valence-corrected chi connectivity index (χ4v) is 6.06. The quantitative estimate of drug-likeness (QED) is 0.204. The van der Waals surface area contributed by atoms with E-state index in [1.807, 2.05) is 0 Å². The molecule has 2 N–H and O–H groups in total. The molecule has 0 atom stereocenters. The Bertz CT molecular complexity index is 456. The maximum Gasteiger partial charge on any atom is 0.322 e. The maximum absolute atomic E-state index is 11.9. The van der Waals surface area contributed by atoms with Gasteiger partial charge in [0, 0.05) is 18.8 Å². The molecule has 0 amide bonds. The molecule has 5 nitrogen and oxygen atoms in total. The number of rotatable bonds is 20. The van der Waals surface area contributed by atoms with Crippen LogP contribution in [0.2, 0.25) is 0 Å². The van der Waals surface area contributed by atoms with Gasteiger partial charge in [-0.3, -0.25) is 4.18 Å². The minimum Gasteiger partial charge on any atom is -0.316 e. The minimum atomic E-state index is -3.46. The van der Waals surface area contributed by atoms with Crippen LogP contribution in [0.4, 0.5) is 0 Å². The smallest absolute Gasteiger partial charge is 0.316 e. The van der Waals surface area contributed by atoms with E-state index in [1.54, 1.807) is 0 Å². The van der Waals surface area contributed by atoms with E-state index < -0.39 is 9.15 Å². The zero-order valence-electron chi connectivity index (χ0n) is 18.3. The van der Waals surface area contributed by atoms with E-state index in [1.165, 1.54) is 89.9 Å². The van der Waals surface area contributed by atoms with Crippen LogP contribution in [0.15, 0.2) is 0 Å². The Morgan fingerprint density at radius 3 is 1.79 bits per heavy atom. The van der Waals surface area contributed by atoms with Gasteiger partial charge in [-0.2, -0.15) is 8.42 Å². The Morgan fingerprint density at radius 2 is 1.28 bits per heavy atom. The van der Waals surface area contributed by atoms with Crippen molar-refractivity contribution in [1.82, 2.24) is 10.6 Å². The predicted molar refractivity (Wildman–Crippen MR) is 125 cm³/mol. The van der Waals surface area contributed by atoms with Crippen LogP contribution in [0.25, 0.3) is 0 Å². The molecule has 0 saturated heterocycles. The summed E-state index contributed by atoms with van der Waals surface area (Å²) in [5.74, 6) is 2.57. The zero-order valence-corrected chi connectivity index (χ0v) is 20.0. The lowest BCUT2D eigenvalue weighted by Gasteiger charge is -2.24. The summed E-state index contributed by atoms with van der Waals surface area (Å²) in [6.07, 6.45) is 19.0. The fourth-order valence-electron chi connectivity index (χ4n) is 4.00. The Balaban J connectivity index is 1.28. The molecule has 0 aliphatic heterocycles. The number of hydrogen-bond acceptors (Lipinski definition) is 6. The third-order valence-electron chi connectivity index (χ3n) is 6.39. The van der Waals surface area contributed by atoms with Crippen LogP contribution in [0.1, 0.15) is 89.9 Å². The molecule has 7 heteroatoms. The van der Waals surface area contributed by atoms with E-state index >= 15 is 0 Å². The van der Waals surface area contributed by atoms with Gasteiger partial charge < -0.3 is 10.6 Å². The van der Waals surface area contributed by atoms with Crippen LogP contribution < -0.4 is 10.6 Å². The topological polar surface area (TPSA) is 67.4 Å². The maximum atomic E-state index is 11.9. The lowest BCUT2D eigenvalue weighted by molar-refractivity contribution is 0.286. The summed E-state index contributed by atoms with van der Waals surface area (Å²) in [6.45, 7) is 3.48. The molecule has 2 rings (SSSR count). The first-order valence-corrected chi connectivity index (χ1v) is 15.0. The van der Waals surface area contributed by atoms with Crippen LogP contribution >= 0.6 is 10.8 Å². The van der Waals surface area contributed by atoms with Gasteiger partial charge in [-0.1, -0.05) is 77.0 Å². The SMILES string of the molecule is O=S(=O)(OCCNCCCCCC1CCC1)SCCNCCCCCC1CCC1. The fraction of sp³-hybridized carbons (Fsp3) is 1.00. The van der Waals surface area contributed by atoms with E-state index in [0.717, 1.165) is 42.3 Å². The normalized spacial score (nSPS) is 17.9. The minimum absolute atomic E-state index is 0.228. The molecule has 0 aromatic carbocycles. The van der Waals surface area contributed by atoms with Gasteiger partial charge in [0.1, 0.15) is 0 Å². The highest BCUT2D eigenvalue weighted by Crippen LogP contribution is 2.31. The third kappa shape index (κ3) is 13.2. The molecule has 0 bridgehead atoms. The lowest BCUT2D eigenvalue weighted by atomic mass is 9.82. The van der Waals surface area contributed by atoms with E-state index in [0.29, 0.717) is 12.3 Å². The summed E-state index contributed by atoms with van der Waals surface area (Å²) in [4.78, 5) is 0. The third-order valence-corrected chi connectivity index (χ3v) is 9.16. The van der Waals surface area contributed by atoms with Gasteiger partial charge in [-0.05, 0) is 48.6 Å². The first kappa shape index (κ1) is 25.4. The van der Waals surface area contributed by atoms with Gasteiger partial charge >= 0.3 is 9.15 Å². The van der Waals surface area contributed by atoms with E-state index in [-0.39, 0.29) is 6.61 Å². The molecular weight excluding hydrogens is 404 g/mol. The van der Waals surface area contributed by atoms with Crippen molar-refractivity contribution in [2.24, 2.45) is 11.8 Å². The van der Waals surface area contributed by atoms with Crippen LogP contribution in [0.5, 0.6) is 0 Å². The standard InChI is InChI=1S/C22H44N2O3S2/c25-29(26,27-19-17-23-15-5-1-3-9-21-11-7-12-21)28-20-18-24-16-6-2-4-10-22-13-8-14-22/h21-24H,1-20H2. The summed E-state index contributed by atoms with van der Waals surface area (Å²) in [6, 6.07) is 0. The summed E-state index contributed by atoms with van der Waals surface area (Å²) < 4.78 is 28.8. The summed E-state index contributed by atoms with van der Waals surface area (Å²) in [5, 5.41) is 6.61. The summed E-state index contributed by atoms with van der Waals surface area (Å²) >= 11 is 0. The molecule has 0 aromatic heterocycles. The summed E-state index contributed by atoms with van der Waals surface area (Å²) in [7, 11) is -2.55. The molecule has 0 radical (unpaired) electrons. The number of nitrogens with one attached hydrogen (secondary N) is 2. The molecule has 2 aliphatic carbocycles. The zero-order chi connectivity index (χ0) is 20.6. The second-order valence-electron chi connectivity index (χ2n) is 8.84. The molecule has 2 saturated carbocycles. The summed E-state index contributed by atoms with van der Waals surface area (Å²) in [5.41, 5.74) is 0. The first-order chi connectivity index (χ1) is 14.2.